The van der Waals surface area contributed by atoms with Gasteiger partial charge in [0.05, 0.1) is 5.60 Å². The molecule has 2 N–H and O–H groups in total. The summed E-state index contributed by atoms with van der Waals surface area (Å²) < 4.78 is 5.26. The van der Waals surface area contributed by atoms with E-state index >= 15 is 0 Å². The molecule has 6 heteroatoms. The van der Waals surface area contributed by atoms with Gasteiger partial charge < -0.3 is 15.2 Å². The molecule has 0 aliphatic carbocycles. The van der Waals surface area contributed by atoms with E-state index in [0.29, 0.717) is 19.6 Å². The van der Waals surface area contributed by atoms with E-state index < -0.39 is 5.97 Å². The topological polar surface area (TPSA) is 78.9 Å². The minimum atomic E-state index is -0.946. The summed E-state index contributed by atoms with van der Waals surface area (Å²) in [5, 5.41) is 11.2. The Balaban J connectivity index is 2.11. The first kappa shape index (κ1) is 12.9. The molecule has 1 aliphatic heterocycles. The predicted octanol–water partition coefficient (Wildman–Crippen LogP) is -0.702. The normalized spacial score (nSPS) is 18.9. The monoisotopic (exact) mass is 230 g/mol. The molecule has 1 amide bonds. The SMILES string of the molecule is CC(=O)NCCN1CC(C)(OCC(=O)O)C1. The Kier molecular flexibility index (Phi) is 4.26. The number of hydrogen-bond donors (Lipinski definition) is 2. The molecule has 0 radical (unpaired) electrons. The smallest absolute Gasteiger partial charge is 0.329 e. The number of amides is 1. The molecule has 0 spiro atoms. The zero-order valence-electron chi connectivity index (χ0n) is 9.65. The second-order valence-corrected chi connectivity index (χ2v) is 4.33. The first-order valence-corrected chi connectivity index (χ1v) is 5.24. The molecule has 16 heavy (non-hydrogen) atoms. The molecule has 1 rings (SSSR count). The molecule has 92 valence electrons. The number of nitrogens with one attached hydrogen (secondary N) is 1. The van der Waals surface area contributed by atoms with Crippen molar-refractivity contribution in [1.29, 1.82) is 0 Å². The van der Waals surface area contributed by atoms with Gasteiger partial charge in [0, 0.05) is 33.1 Å². The van der Waals surface area contributed by atoms with Crippen molar-refractivity contribution in [1.82, 2.24) is 10.2 Å². The molecule has 0 atom stereocenters. The van der Waals surface area contributed by atoms with Crippen molar-refractivity contribution in [2.24, 2.45) is 0 Å². The molecule has 0 aromatic carbocycles. The Morgan fingerprint density at radius 3 is 2.62 bits per heavy atom. The van der Waals surface area contributed by atoms with Crippen LogP contribution in [-0.4, -0.2) is 60.3 Å². The van der Waals surface area contributed by atoms with Gasteiger partial charge in [0.25, 0.3) is 0 Å². The Hall–Kier alpha value is -1.14. The Morgan fingerprint density at radius 2 is 2.12 bits per heavy atom. The molecule has 1 heterocycles. The quantitative estimate of drug-likeness (QED) is 0.630. The predicted molar refractivity (Wildman–Crippen MR) is 57.1 cm³/mol. The standard InChI is InChI=1S/C10H18N2O4/c1-8(13)11-3-4-12-6-10(2,7-12)16-5-9(14)15/h3-7H2,1-2H3,(H,11,13)(H,14,15). The summed E-state index contributed by atoms with van der Waals surface area (Å²) in [6.45, 7) is 5.92. The Labute approximate surface area is 94.6 Å². The number of rotatable bonds is 6. The lowest BCUT2D eigenvalue weighted by molar-refractivity contribution is -0.164. The van der Waals surface area contributed by atoms with Crippen molar-refractivity contribution in [2.75, 3.05) is 32.8 Å². The average Bonchev–Trinajstić information content (AvgIpc) is 2.11. The summed E-state index contributed by atoms with van der Waals surface area (Å²) in [6.07, 6.45) is 0. The number of hydrogen-bond acceptors (Lipinski definition) is 4. The molecular formula is C10H18N2O4. The van der Waals surface area contributed by atoms with Gasteiger partial charge in [0.2, 0.25) is 5.91 Å². The minimum absolute atomic E-state index is 0.0367. The fourth-order valence-electron chi connectivity index (χ4n) is 1.78. The van der Waals surface area contributed by atoms with Gasteiger partial charge in [0.1, 0.15) is 6.61 Å². The van der Waals surface area contributed by atoms with E-state index in [1.165, 1.54) is 6.92 Å². The van der Waals surface area contributed by atoms with Gasteiger partial charge in [-0.25, -0.2) is 4.79 Å². The van der Waals surface area contributed by atoms with Crippen molar-refractivity contribution in [3.05, 3.63) is 0 Å². The third kappa shape index (κ3) is 4.16. The maximum absolute atomic E-state index is 10.6. The van der Waals surface area contributed by atoms with E-state index in [4.69, 9.17) is 9.84 Å². The van der Waals surface area contributed by atoms with Crippen LogP contribution in [0, 0.1) is 0 Å². The van der Waals surface area contributed by atoms with Crippen LogP contribution in [0.25, 0.3) is 0 Å². The number of carbonyl (C=O) groups excluding carboxylic acids is 1. The lowest BCUT2D eigenvalue weighted by atomic mass is 9.96. The molecule has 0 aromatic heterocycles. The van der Waals surface area contributed by atoms with Crippen LogP contribution in [0.2, 0.25) is 0 Å². The molecule has 1 saturated heterocycles. The average molecular weight is 230 g/mol. The summed E-state index contributed by atoms with van der Waals surface area (Å²) >= 11 is 0. The van der Waals surface area contributed by atoms with E-state index in [2.05, 4.69) is 10.2 Å². The highest BCUT2D eigenvalue weighted by Crippen LogP contribution is 2.23. The zero-order valence-corrected chi connectivity index (χ0v) is 9.65. The maximum atomic E-state index is 10.6. The second-order valence-electron chi connectivity index (χ2n) is 4.33. The van der Waals surface area contributed by atoms with Gasteiger partial charge in [-0.3, -0.25) is 9.69 Å². The van der Waals surface area contributed by atoms with Crippen LogP contribution in [0.15, 0.2) is 0 Å². The van der Waals surface area contributed by atoms with Crippen LogP contribution in [0.5, 0.6) is 0 Å². The summed E-state index contributed by atoms with van der Waals surface area (Å²) in [6, 6.07) is 0. The lowest BCUT2D eigenvalue weighted by Gasteiger charge is -2.47. The second kappa shape index (κ2) is 5.27. The first-order chi connectivity index (χ1) is 7.41. The van der Waals surface area contributed by atoms with Crippen molar-refractivity contribution in [2.45, 2.75) is 19.4 Å². The summed E-state index contributed by atoms with van der Waals surface area (Å²) in [4.78, 5) is 23.1. The van der Waals surface area contributed by atoms with Crippen molar-refractivity contribution >= 4 is 11.9 Å². The molecule has 0 aromatic rings. The Bertz CT molecular complexity index is 274. The summed E-state index contributed by atoms with van der Waals surface area (Å²) in [5.74, 6) is -0.983. The van der Waals surface area contributed by atoms with Crippen LogP contribution in [0.3, 0.4) is 0 Å². The van der Waals surface area contributed by atoms with E-state index in [-0.39, 0.29) is 18.1 Å². The summed E-state index contributed by atoms with van der Waals surface area (Å²) in [7, 11) is 0. The fourth-order valence-corrected chi connectivity index (χ4v) is 1.78. The molecule has 0 unspecified atom stereocenters. The van der Waals surface area contributed by atoms with Crippen molar-refractivity contribution in [3.8, 4) is 0 Å². The zero-order chi connectivity index (χ0) is 12.2. The molecule has 6 nitrogen and oxygen atoms in total. The van der Waals surface area contributed by atoms with E-state index in [9.17, 15) is 9.59 Å². The first-order valence-electron chi connectivity index (χ1n) is 5.24. The van der Waals surface area contributed by atoms with Crippen molar-refractivity contribution in [3.63, 3.8) is 0 Å². The van der Waals surface area contributed by atoms with Crippen LogP contribution in [-0.2, 0) is 14.3 Å². The largest absolute Gasteiger partial charge is 0.480 e. The van der Waals surface area contributed by atoms with Crippen LogP contribution >= 0.6 is 0 Å². The van der Waals surface area contributed by atoms with Gasteiger partial charge >= 0.3 is 5.97 Å². The Morgan fingerprint density at radius 1 is 1.50 bits per heavy atom. The lowest BCUT2D eigenvalue weighted by Crippen LogP contribution is -2.62. The van der Waals surface area contributed by atoms with Gasteiger partial charge in [-0.1, -0.05) is 0 Å². The highest BCUT2D eigenvalue weighted by molar-refractivity contribution is 5.72. The number of carbonyl (C=O) groups is 2. The van der Waals surface area contributed by atoms with Crippen LogP contribution in [0.1, 0.15) is 13.8 Å². The summed E-state index contributed by atoms with van der Waals surface area (Å²) in [5.41, 5.74) is -0.353. The number of likely N-dealkylation sites (tertiary alicyclic amines) is 1. The number of aliphatic carboxylic acids is 1. The van der Waals surface area contributed by atoms with Crippen LogP contribution in [0.4, 0.5) is 0 Å². The van der Waals surface area contributed by atoms with Crippen LogP contribution < -0.4 is 5.32 Å². The number of nitrogens with zero attached hydrogens (tertiary/aromatic N) is 1. The van der Waals surface area contributed by atoms with E-state index in [1.807, 2.05) is 6.92 Å². The van der Waals surface area contributed by atoms with Gasteiger partial charge in [0.15, 0.2) is 0 Å². The van der Waals surface area contributed by atoms with Gasteiger partial charge in [-0.15, -0.1) is 0 Å². The van der Waals surface area contributed by atoms with Gasteiger partial charge in [-0.2, -0.15) is 0 Å². The number of carboxylic acid groups (broad SMARTS) is 1. The molecular weight excluding hydrogens is 212 g/mol. The van der Waals surface area contributed by atoms with E-state index in [1.54, 1.807) is 0 Å². The highest BCUT2D eigenvalue weighted by atomic mass is 16.5. The molecule has 0 saturated carbocycles. The molecule has 1 aliphatic rings. The van der Waals surface area contributed by atoms with Crippen molar-refractivity contribution < 1.29 is 19.4 Å². The third-order valence-electron chi connectivity index (χ3n) is 2.46. The maximum Gasteiger partial charge on any atom is 0.329 e. The molecule has 1 fully saturated rings. The van der Waals surface area contributed by atoms with E-state index in [0.717, 1.165) is 6.54 Å². The highest BCUT2D eigenvalue weighted by Gasteiger charge is 2.39. The fraction of sp³-hybridized carbons (Fsp3) is 0.800. The molecule has 0 bridgehead atoms. The number of carboxylic acids is 1. The third-order valence-corrected chi connectivity index (χ3v) is 2.46. The minimum Gasteiger partial charge on any atom is -0.480 e. The number of ether oxygens (including phenoxy) is 1. The van der Waals surface area contributed by atoms with Gasteiger partial charge in [-0.05, 0) is 6.92 Å².